The van der Waals surface area contributed by atoms with Crippen molar-refractivity contribution in [1.29, 1.82) is 0 Å². The Morgan fingerprint density at radius 3 is 2.75 bits per heavy atom. The largest absolute Gasteiger partial charge is 0.306 e. The normalized spacial score (nSPS) is 17.6. The number of aromatic nitrogens is 2. The van der Waals surface area contributed by atoms with Crippen LogP contribution in [0.3, 0.4) is 0 Å². The van der Waals surface area contributed by atoms with E-state index in [1.54, 1.807) is 16.6 Å². The first-order chi connectivity index (χ1) is 9.62. The summed E-state index contributed by atoms with van der Waals surface area (Å²) in [4.78, 5) is 7.35. The minimum atomic E-state index is -3.72. The molecule has 0 aliphatic carbocycles. The molecule has 2 aromatic heterocycles. The van der Waals surface area contributed by atoms with Crippen molar-refractivity contribution in [2.75, 3.05) is 18.5 Å². The highest BCUT2D eigenvalue weighted by Crippen LogP contribution is 2.25. The van der Waals surface area contributed by atoms with Gasteiger partial charge >= 0.3 is 0 Å². The predicted molar refractivity (Wildman–Crippen MR) is 76.6 cm³/mol. The molecule has 0 spiro atoms. The summed E-state index contributed by atoms with van der Waals surface area (Å²) in [6.45, 7) is 1.44. The zero-order valence-electron chi connectivity index (χ0n) is 10.7. The molecule has 0 unspecified atom stereocenters. The first-order valence-electron chi connectivity index (χ1n) is 6.31. The van der Waals surface area contributed by atoms with Crippen molar-refractivity contribution >= 4 is 32.1 Å². The number of nitrogens with zero attached hydrogens (tertiary/aromatic N) is 3. The van der Waals surface area contributed by atoms with E-state index in [0.717, 1.165) is 32.4 Å². The fourth-order valence-corrected chi connectivity index (χ4v) is 4.46. The van der Waals surface area contributed by atoms with E-state index in [1.807, 2.05) is 0 Å². The predicted octanol–water partition coefficient (Wildman–Crippen LogP) is 0.361. The molecule has 0 amide bonds. The van der Waals surface area contributed by atoms with Crippen LogP contribution < -0.4 is 16.1 Å². The SMILES string of the molecule is NNc1nc2sccn2c1S(=O)(=O)NN1CCCCC1. The quantitative estimate of drug-likeness (QED) is 0.556. The molecule has 2 aromatic rings. The summed E-state index contributed by atoms with van der Waals surface area (Å²) in [5, 5.41) is 3.55. The van der Waals surface area contributed by atoms with E-state index in [1.165, 1.54) is 15.7 Å². The molecule has 110 valence electrons. The third kappa shape index (κ3) is 2.40. The topological polar surface area (TPSA) is 105 Å². The molecule has 10 heteroatoms. The maximum absolute atomic E-state index is 12.5. The smallest absolute Gasteiger partial charge is 0.273 e. The molecule has 0 bridgehead atoms. The van der Waals surface area contributed by atoms with Crippen LogP contribution in [0.1, 0.15) is 19.3 Å². The van der Waals surface area contributed by atoms with Crippen LogP contribution in [-0.4, -0.2) is 35.9 Å². The Morgan fingerprint density at radius 1 is 1.30 bits per heavy atom. The van der Waals surface area contributed by atoms with Gasteiger partial charge in [0.1, 0.15) is 0 Å². The molecular weight excluding hydrogens is 300 g/mol. The second-order valence-electron chi connectivity index (χ2n) is 4.61. The minimum absolute atomic E-state index is 0.0434. The van der Waals surface area contributed by atoms with Crippen LogP contribution in [0.2, 0.25) is 0 Å². The van der Waals surface area contributed by atoms with Gasteiger partial charge in [0, 0.05) is 24.7 Å². The summed E-state index contributed by atoms with van der Waals surface area (Å²) in [7, 11) is -3.72. The molecule has 20 heavy (non-hydrogen) atoms. The number of hydrogen-bond donors (Lipinski definition) is 3. The molecule has 1 aliphatic heterocycles. The van der Waals surface area contributed by atoms with Gasteiger partial charge < -0.3 is 5.43 Å². The van der Waals surface area contributed by atoms with E-state index in [0.29, 0.717) is 4.96 Å². The third-order valence-corrected chi connectivity index (χ3v) is 5.37. The van der Waals surface area contributed by atoms with Gasteiger partial charge in [-0.05, 0) is 12.8 Å². The van der Waals surface area contributed by atoms with Gasteiger partial charge in [0.05, 0.1) is 0 Å². The van der Waals surface area contributed by atoms with Crippen LogP contribution in [0.25, 0.3) is 4.96 Å². The number of hydrogen-bond acceptors (Lipinski definition) is 7. The van der Waals surface area contributed by atoms with Crippen LogP contribution in [0.5, 0.6) is 0 Å². The van der Waals surface area contributed by atoms with Crippen molar-refractivity contribution in [3.63, 3.8) is 0 Å². The Labute approximate surface area is 120 Å². The maximum atomic E-state index is 12.5. The summed E-state index contributed by atoms with van der Waals surface area (Å²) < 4.78 is 26.6. The number of nitrogen functional groups attached to an aromatic ring is 1. The lowest BCUT2D eigenvalue weighted by molar-refractivity contribution is 0.199. The highest BCUT2D eigenvalue weighted by atomic mass is 32.2. The number of imidazole rings is 1. The second kappa shape index (κ2) is 5.30. The van der Waals surface area contributed by atoms with E-state index >= 15 is 0 Å². The van der Waals surface area contributed by atoms with Crippen LogP contribution in [0, 0.1) is 0 Å². The first-order valence-corrected chi connectivity index (χ1v) is 8.67. The Kier molecular flexibility index (Phi) is 3.65. The second-order valence-corrected chi connectivity index (χ2v) is 7.06. The Balaban J connectivity index is 1.97. The molecule has 0 radical (unpaired) electrons. The Bertz CT molecular complexity index is 700. The summed E-state index contributed by atoms with van der Waals surface area (Å²) in [6.07, 6.45) is 4.78. The van der Waals surface area contributed by atoms with E-state index in [4.69, 9.17) is 5.84 Å². The molecule has 0 saturated carbocycles. The Morgan fingerprint density at radius 2 is 2.05 bits per heavy atom. The first kappa shape index (κ1) is 13.8. The number of nitrogens with one attached hydrogen (secondary N) is 2. The number of piperidine rings is 1. The summed E-state index contributed by atoms with van der Waals surface area (Å²) in [6, 6.07) is 0. The third-order valence-electron chi connectivity index (χ3n) is 3.21. The lowest BCUT2D eigenvalue weighted by Crippen LogP contribution is -2.45. The van der Waals surface area contributed by atoms with Crippen molar-refractivity contribution in [2.24, 2.45) is 5.84 Å². The van der Waals surface area contributed by atoms with Crippen LogP contribution in [0.15, 0.2) is 16.6 Å². The van der Waals surface area contributed by atoms with E-state index in [9.17, 15) is 8.42 Å². The van der Waals surface area contributed by atoms with Gasteiger partial charge in [-0.25, -0.2) is 19.3 Å². The van der Waals surface area contributed by atoms with Gasteiger partial charge in [0.2, 0.25) is 5.03 Å². The van der Waals surface area contributed by atoms with Crippen molar-refractivity contribution in [2.45, 2.75) is 24.3 Å². The standard InChI is InChI=1S/C10H16N6O2S2/c11-13-8-9(16-6-7-19-10(16)12-8)20(17,18)14-15-4-2-1-3-5-15/h6-7,13-14H,1-5,11H2. The number of rotatable bonds is 4. The summed E-state index contributed by atoms with van der Waals surface area (Å²) in [5.74, 6) is 5.53. The fraction of sp³-hybridized carbons (Fsp3) is 0.500. The van der Waals surface area contributed by atoms with Gasteiger partial charge in [-0.2, -0.15) is 4.98 Å². The molecule has 8 nitrogen and oxygen atoms in total. The minimum Gasteiger partial charge on any atom is -0.306 e. The number of nitrogens with two attached hydrogens (primary N) is 1. The molecule has 1 saturated heterocycles. The number of sulfonamides is 1. The molecule has 4 N–H and O–H groups in total. The van der Waals surface area contributed by atoms with Crippen LogP contribution in [-0.2, 0) is 10.0 Å². The lowest BCUT2D eigenvalue weighted by atomic mass is 10.2. The maximum Gasteiger partial charge on any atom is 0.273 e. The Hall–Kier alpha value is -1.20. The van der Waals surface area contributed by atoms with Gasteiger partial charge in [-0.1, -0.05) is 6.42 Å². The van der Waals surface area contributed by atoms with Crippen LogP contribution in [0.4, 0.5) is 5.82 Å². The average molecular weight is 316 g/mol. The summed E-state index contributed by atoms with van der Waals surface area (Å²) in [5.41, 5.74) is 2.35. The van der Waals surface area contributed by atoms with Crippen LogP contribution >= 0.6 is 11.3 Å². The number of anilines is 1. The van der Waals surface area contributed by atoms with E-state index in [-0.39, 0.29) is 10.8 Å². The number of thiazole rings is 1. The van der Waals surface area contributed by atoms with Gasteiger partial charge in [-0.15, -0.1) is 16.2 Å². The lowest BCUT2D eigenvalue weighted by Gasteiger charge is -2.26. The highest BCUT2D eigenvalue weighted by Gasteiger charge is 2.28. The monoisotopic (exact) mass is 316 g/mol. The van der Waals surface area contributed by atoms with Crippen molar-refractivity contribution in [3.05, 3.63) is 11.6 Å². The van der Waals surface area contributed by atoms with E-state index in [2.05, 4.69) is 15.2 Å². The highest BCUT2D eigenvalue weighted by molar-refractivity contribution is 7.89. The van der Waals surface area contributed by atoms with Gasteiger partial charge in [0.15, 0.2) is 10.8 Å². The van der Waals surface area contributed by atoms with Gasteiger partial charge in [-0.3, -0.25) is 4.40 Å². The number of fused-ring (bicyclic) bond motifs is 1. The molecular formula is C10H16N6O2S2. The summed E-state index contributed by atoms with van der Waals surface area (Å²) >= 11 is 1.35. The van der Waals surface area contributed by atoms with Crippen molar-refractivity contribution in [1.82, 2.24) is 19.2 Å². The molecule has 0 aromatic carbocycles. The van der Waals surface area contributed by atoms with Crippen molar-refractivity contribution in [3.8, 4) is 0 Å². The molecule has 3 rings (SSSR count). The van der Waals surface area contributed by atoms with Gasteiger partial charge in [0.25, 0.3) is 10.0 Å². The molecule has 0 atom stereocenters. The average Bonchev–Trinajstić information content (AvgIpc) is 2.98. The molecule has 1 aliphatic rings. The van der Waals surface area contributed by atoms with Crippen molar-refractivity contribution < 1.29 is 8.42 Å². The number of hydrazine groups is 2. The fourth-order valence-electron chi connectivity index (χ4n) is 2.31. The molecule has 3 heterocycles. The zero-order chi connectivity index (χ0) is 14.2. The molecule has 1 fully saturated rings. The zero-order valence-corrected chi connectivity index (χ0v) is 12.4. The van der Waals surface area contributed by atoms with E-state index < -0.39 is 10.0 Å².